The van der Waals surface area contributed by atoms with E-state index in [1.807, 2.05) is 0 Å². The molecule has 6 atom stereocenters. The van der Waals surface area contributed by atoms with E-state index < -0.39 is 11.9 Å². The number of hydrogen-bond acceptors (Lipinski definition) is 5. The Morgan fingerprint density at radius 2 is 1.50 bits per heavy atom. The molecule has 0 spiro atoms. The minimum atomic E-state index is -0.408. The Morgan fingerprint density at radius 3 is 2.17 bits per heavy atom. The highest BCUT2D eigenvalue weighted by atomic mass is 16.6. The molecule has 94 valence electrons. The van der Waals surface area contributed by atoms with Gasteiger partial charge < -0.3 is 9.47 Å². The van der Waals surface area contributed by atoms with Crippen molar-refractivity contribution in [2.45, 2.75) is 12.8 Å². The molecule has 2 saturated heterocycles. The summed E-state index contributed by atoms with van der Waals surface area (Å²) < 4.78 is 10.2. The Labute approximate surface area is 104 Å². The summed E-state index contributed by atoms with van der Waals surface area (Å²) in [6.45, 7) is 3.86. The van der Waals surface area contributed by atoms with E-state index in [4.69, 9.17) is 14.9 Å². The van der Waals surface area contributed by atoms with Crippen LogP contribution < -0.4 is 0 Å². The van der Waals surface area contributed by atoms with Crippen molar-refractivity contribution in [2.24, 2.45) is 35.5 Å². The molecule has 1 N–H and O–H groups in total. The third-order valence-electron chi connectivity index (χ3n) is 5.12. The van der Waals surface area contributed by atoms with Crippen LogP contribution in [0.2, 0.25) is 0 Å². The Morgan fingerprint density at radius 1 is 0.944 bits per heavy atom. The molecule has 5 nitrogen and oxygen atoms in total. The van der Waals surface area contributed by atoms with Gasteiger partial charge in [0.25, 0.3) is 0 Å². The minimum absolute atomic E-state index is 0.0331. The monoisotopic (exact) mass is 247 g/mol. The molecule has 0 radical (unpaired) electrons. The van der Waals surface area contributed by atoms with Crippen LogP contribution in [0.15, 0.2) is 12.3 Å². The van der Waals surface area contributed by atoms with Crippen molar-refractivity contribution in [3.05, 3.63) is 12.3 Å². The van der Waals surface area contributed by atoms with Crippen molar-refractivity contribution < 1.29 is 19.1 Å². The molecule has 2 heterocycles. The number of rotatable bonds is 0. The molecule has 4 bridgehead atoms. The summed E-state index contributed by atoms with van der Waals surface area (Å²) in [4.78, 5) is 23.6. The fourth-order valence-electron chi connectivity index (χ4n) is 4.49. The quantitative estimate of drug-likeness (QED) is 0.395. The number of esters is 2. The van der Waals surface area contributed by atoms with Crippen LogP contribution in [-0.2, 0) is 19.1 Å². The number of carbonyl (C=O) groups excluding carboxylic acids is 2. The summed E-state index contributed by atoms with van der Waals surface area (Å²) in [5, 5.41) is 7.90. The van der Waals surface area contributed by atoms with Crippen molar-refractivity contribution >= 4 is 17.8 Å². The minimum Gasteiger partial charge on any atom is -0.448 e. The van der Waals surface area contributed by atoms with Crippen LogP contribution in [0, 0.1) is 40.9 Å². The van der Waals surface area contributed by atoms with Crippen LogP contribution >= 0.6 is 0 Å². The van der Waals surface area contributed by atoms with Gasteiger partial charge in [-0.25, -0.2) is 0 Å². The van der Waals surface area contributed by atoms with Gasteiger partial charge in [0, 0.05) is 11.8 Å². The first-order valence-electron chi connectivity index (χ1n) is 6.28. The van der Waals surface area contributed by atoms with Crippen molar-refractivity contribution in [1.82, 2.24) is 0 Å². The highest BCUT2D eigenvalue weighted by molar-refractivity contribution is 5.94. The molecule has 4 fully saturated rings. The highest BCUT2D eigenvalue weighted by Crippen LogP contribution is 2.62. The number of allylic oxidation sites excluding steroid dienone is 1. The van der Waals surface area contributed by atoms with Crippen LogP contribution in [0.5, 0.6) is 0 Å². The van der Waals surface area contributed by atoms with Crippen LogP contribution in [-0.4, -0.2) is 17.8 Å². The van der Waals surface area contributed by atoms with Gasteiger partial charge in [-0.1, -0.05) is 6.58 Å². The summed E-state index contributed by atoms with van der Waals surface area (Å²) in [5.74, 6) is -0.290. The van der Waals surface area contributed by atoms with Gasteiger partial charge in [0.1, 0.15) is 5.76 Å². The Bertz CT molecular complexity index is 425. The molecule has 4 aliphatic rings. The molecular weight excluding hydrogens is 234 g/mol. The Hall–Kier alpha value is -1.65. The molecule has 0 aromatic carbocycles. The van der Waals surface area contributed by atoms with Gasteiger partial charge in [0.05, 0.1) is 11.8 Å². The highest BCUT2D eigenvalue weighted by Gasteiger charge is 2.65. The van der Waals surface area contributed by atoms with E-state index in [1.54, 1.807) is 0 Å². The fraction of sp³-hybridized carbons (Fsp3) is 0.615. The molecule has 4 rings (SSSR count). The first kappa shape index (κ1) is 10.3. The lowest BCUT2D eigenvalue weighted by Crippen LogP contribution is -2.35. The summed E-state index contributed by atoms with van der Waals surface area (Å²) in [6.07, 6.45) is 1.38. The Kier molecular flexibility index (Phi) is 1.73. The number of hydrogen-bond donors (Lipinski definition) is 1. The van der Waals surface area contributed by atoms with E-state index in [1.165, 1.54) is 0 Å². The van der Waals surface area contributed by atoms with Gasteiger partial charge >= 0.3 is 11.9 Å². The van der Waals surface area contributed by atoms with E-state index >= 15 is 0 Å². The second kappa shape index (κ2) is 3.02. The van der Waals surface area contributed by atoms with Gasteiger partial charge in [-0.3, -0.25) is 15.0 Å². The SMILES string of the molecule is C=C1OC(=N)C2CC1C1C3CC(C(=O)OC3=O)C21. The maximum Gasteiger partial charge on any atom is 0.316 e. The third kappa shape index (κ3) is 1.01. The van der Waals surface area contributed by atoms with E-state index in [0.29, 0.717) is 12.2 Å². The lowest BCUT2D eigenvalue weighted by atomic mass is 9.83. The summed E-state index contributed by atoms with van der Waals surface area (Å²) >= 11 is 0. The summed E-state index contributed by atoms with van der Waals surface area (Å²) in [7, 11) is 0. The first-order chi connectivity index (χ1) is 8.58. The first-order valence-corrected chi connectivity index (χ1v) is 6.28. The van der Waals surface area contributed by atoms with Gasteiger partial charge in [-0.05, 0) is 24.7 Å². The lowest BCUT2D eigenvalue weighted by molar-refractivity contribution is -0.169. The lowest BCUT2D eigenvalue weighted by Gasteiger charge is -2.29. The average Bonchev–Trinajstić information content (AvgIpc) is 2.79. The van der Waals surface area contributed by atoms with E-state index in [-0.39, 0.29) is 41.4 Å². The molecule has 18 heavy (non-hydrogen) atoms. The molecule has 0 aromatic heterocycles. The normalized spacial score (nSPS) is 48.9. The Balaban J connectivity index is 1.83. The maximum absolute atomic E-state index is 11.8. The molecule has 6 unspecified atom stereocenters. The van der Waals surface area contributed by atoms with Gasteiger partial charge in [-0.15, -0.1) is 0 Å². The van der Waals surface area contributed by atoms with Crippen LogP contribution in [0.25, 0.3) is 0 Å². The predicted octanol–water partition coefficient (Wildman–Crippen LogP) is 1.10. The maximum atomic E-state index is 11.8. The number of fused-ring (bicyclic) bond motifs is 9. The third-order valence-corrected chi connectivity index (χ3v) is 5.12. The van der Waals surface area contributed by atoms with Gasteiger partial charge in [-0.2, -0.15) is 0 Å². The molecule has 0 aromatic rings. The van der Waals surface area contributed by atoms with E-state index in [9.17, 15) is 9.59 Å². The van der Waals surface area contributed by atoms with Gasteiger partial charge in [0.2, 0.25) is 0 Å². The predicted molar refractivity (Wildman–Crippen MR) is 59.2 cm³/mol. The van der Waals surface area contributed by atoms with Crippen LogP contribution in [0.3, 0.4) is 0 Å². The zero-order chi connectivity index (χ0) is 12.6. The van der Waals surface area contributed by atoms with Crippen molar-refractivity contribution in [3.63, 3.8) is 0 Å². The average molecular weight is 247 g/mol. The van der Waals surface area contributed by atoms with Crippen molar-refractivity contribution in [2.75, 3.05) is 0 Å². The molecular formula is C13H13NO4. The van der Waals surface area contributed by atoms with E-state index in [2.05, 4.69) is 6.58 Å². The zero-order valence-corrected chi connectivity index (χ0v) is 9.72. The van der Waals surface area contributed by atoms with Crippen molar-refractivity contribution in [1.29, 1.82) is 5.41 Å². The second-order valence-electron chi connectivity index (χ2n) is 5.72. The standard InChI is InChI=1S/C13H13NO4/c1-4-5-2-6(11(14)17-4)10-8-3-7(9(5)10)12(15)18-13(8)16/h5-10,14H,1-3H2. The number of carbonyl (C=O) groups is 2. The van der Waals surface area contributed by atoms with Crippen LogP contribution in [0.4, 0.5) is 0 Å². The molecule has 2 aliphatic carbocycles. The summed E-state index contributed by atoms with van der Waals surface area (Å²) in [5.41, 5.74) is 0. The molecule has 2 saturated carbocycles. The van der Waals surface area contributed by atoms with Crippen LogP contribution in [0.1, 0.15) is 12.8 Å². The van der Waals surface area contributed by atoms with E-state index in [0.717, 1.165) is 6.42 Å². The fourth-order valence-corrected chi connectivity index (χ4v) is 4.49. The second-order valence-corrected chi connectivity index (χ2v) is 5.72. The number of ether oxygens (including phenoxy) is 2. The summed E-state index contributed by atoms with van der Waals surface area (Å²) in [6, 6.07) is 0. The van der Waals surface area contributed by atoms with Crippen molar-refractivity contribution in [3.8, 4) is 0 Å². The topological polar surface area (TPSA) is 76.4 Å². The smallest absolute Gasteiger partial charge is 0.316 e. The zero-order valence-electron chi connectivity index (χ0n) is 9.72. The molecule has 0 amide bonds. The number of cyclic esters (lactones) is 2. The number of nitrogens with one attached hydrogen (secondary N) is 1. The van der Waals surface area contributed by atoms with Gasteiger partial charge in [0.15, 0.2) is 5.90 Å². The molecule has 5 heteroatoms. The largest absolute Gasteiger partial charge is 0.448 e. The molecule has 2 aliphatic heterocycles.